The van der Waals surface area contributed by atoms with Crippen molar-refractivity contribution in [2.24, 2.45) is 11.8 Å². The molecule has 52 valence electrons. The Balaban J connectivity index is 0.000000186. The Kier molecular flexibility index (Phi) is 2.59. The normalized spacial score (nSPS) is 34.6. The summed E-state index contributed by atoms with van der Waals surface area (Å²) in [6, 6.07) is 0. The summed E-state index contributed by atoms with van der Waals surface area (Å²) < 4.78 is 9.39. The molecule has 0 N–H and O–H groups in total. The zero-order valence-electron chi connectivity index (χ0n) is 4.88. The van der Waals surface area contributed by atoms with Crippen molar-refractivity contribution in [3.63, 3.8) is 0 Å². The van der Waals surface area contributed by atoms with E-state index >= 15 is 0 Å². The summed E-state index contributed by atoms with van der Waals surface area (Å²) in [5.74, 6) is 1.62. The summed E-state index contributed by atoms with van der Waals surface area (Å²) in [5.41, 5.74) is 0. The molecule has 9 heavy (non-hydrogen) atoms. The van der Waals surface area contributed by atoms with E-state index in [-0.39, 0.29) is 0 Å². The van der Waals surface area contributed by atoms with E-state index in [9.17, 15) is 3.32 Å². The first-order chi connectivity index (χ1) is 4.45. The van der Waals surface area contributed by atoms with Crippen LogP contribution < -0.4 is 0 Å². The Morgan fingerprint density at radius 2 is 1.33 bits per heavy atom. The van der Waals surface area contributed by atoms with Gasteiger partial charge >= 0.3 is 22.1 Å². The summed E-state index contributed by atoms with van der Waals surface area (Å²) in [7, 11) is 0. The van der Waals surface area contributed by atoms with Gasteiger partial charge in [-0.2, -0.15) is 0 Å². The predicted octanol–water partition coefficient (Wildman–Crippen LogP) is 2.17. The van der Waals surface area contributed by atoms with E-state index < -0.39 is 0 Å². The second-order valence-electron chi connectivity index (χ2n) is 2.33. The molecular formula is C7H8FRh. The molecule has 0 saturated carbocycles. The number of allylic oxidation sites excluding steroid dienone is 4. The van der Waals surface area contributed by atoms with Crippen LogP contribution in [0.15, 0.2) is 24.3 Å². The van der Waals surface area contributed by atoms with Crippen molar-refractivity contribution in [2.75, 3.05) is 0 Å². The van der Waals surface area contributed by atoms with Crippen LogP contribution in [0.25, 0.3) is 0 Å². The average Bonchev–Trinajstić information content (AvgIpc) is 2.53. The van der Waals surface area contributed by atoms with Gasteiger partial charge in [0.05, 0.1) is 0 Å². The number of hydrogen-bond donors (Lipinski definition) is 0. The van der Waals surface area contributed by atoms with E-state index in [1.165, 1.54) is 6.42 Å². The predicted molar refractivity (Wildman–Crippen MR) is 31.0 cm³/mol. The van der Waals surface area contributed by atoms with Gasteiger partial charge in [0.2, 0.25) is 0 Å². The van der Waals surface area contributed by atoms with Crippen LogP contribution in [0.2, 0.25) is 0 Å². The summed E-state index contributed by atoms with van der Waals surface area (Å²) in [6.45, 7) is 0. The maximum atomic E-state index is 9.39. The van der Waals surface area contributed by atoms with Crippen LogP contribution in [0, 0.1) is 11.8 Å². The van der Waals surface area contributed by atoms with E-state index in [4.69, 9.17) is 0 Å². The van der Waals surface area contributed by atoms with E-state index in [0.717, 1.165) is 30.6 Å². The summed E-state index contributed by atoms with van der Waals surface area (Å²) in [5, 5.41) is 0. The molecule has 0 aromatic carbocycles. The van der Waals surface area contributed by atoms with Gasteiger partial charge in [0.1, 0.15) is 0 Å². The fourth-order valence-corrected chi connectivity index (χ4v) is 1.33. The van der Waals surface area contributed by atoms with Gasteiger partial charge in [0.25, 0.3) is 0 Å². The molecule has 0 aromatic heterocycles. The SMILES string of the molecule is C1=CC2C=CC1C2.[F][Rh]. The Morgan fingerprint density at radius 3 is 1.44 bits per heavy atom. The first-order valence-corrected chi connectivity index (χ1v) is 3.56. The van der Waals surface area contributed by atoms with Crippen molar-refractivity contribution in [1.29, 1.82) is 0 Å². The standard InChI is InChI=1S/C7H8.FH.Rh/c1-2-7-4-3-6(1)5-7;;/h1-4,6-7H,5H2;1H;/q;;+1/p-1. The molecule has 0 aliphatic heterocycles. The quantitative estimate of drug-likeness (QED) is 0.428. The zero-order chi connectivity index (χ0) is 6.69. The Hall–Kier alpha value is 0.0334. The van der Waals surface area contributed by atoms with Gasteiger partial charge in [-0.1, -0.05) is 24.3 Å². The van der Waals surface area contributed by atoms with Crippen molar-refractivity contribution >= 4 is 0 Å². The summed E-state index contributed by atoms with van der Waals surface area (Å²) in [6.07, 6.45) is 10.5. The van der Waals surface area contributed by atoms with Gasteiger partial charge < -0.3 is 0 Å². The third-order valence-electron chi connectivity index (χ3n) is 1.76. The summed E-state index contributed by atoms with van der Waals surface area (Å²) >= 11 is 1.05. The average molecular weight is 214 g/mol. The third kappa shape index (κ3) is 1.48. The molecule has 2 aliphatic rings. The van der Waals surface area contributed by atoms with Crippen LogP contribution >= 0.6 is 0 Å². The molecule has 0 unspecified atom stereocenters. The molecule has 0 aromatic rings. The molecule has 2 aliphatic carbocycles. The molecule has 0 saturated heterocycles. The number of rotatable bonds is 0. The van der Waals surface area contributed by atoms with Crippen LogP contribution in [0.4, 0.5) is 3.32 Å². The molecule has 0 fully saturated rings. The molecule has 0 amide bonds. The second kappa shape index (κ2) is 3.26. The van der Waals surface area contributed by atoms with Crippen molar-refractivity contribution in [3.8, 4) is 0 Å². The molecule has 0 heterocycles. The van der Waals surface area contributed by atoms with Crippen molar-refractivity contribution < 1.29 is 22.1 Å². The summed E-state index contributed by atoms with van der Waals surface area (Å²) in [4.78, 5) is 0. The molecular weight excluding hydrogens is 206 g/mol. The van der Waals surface area contributed by atoms with Crippen molar-refractivity contribution in [1.82, 2.24) is 0 Å². The van der Waals surface area contributed by atoms with Crippen LogP contribution in [-0.2, 0) is 18.8 Å². The van der Waals surface area contributed by atoms with E-state index in [0.29, 0.717) is 0 Å². The van der Waals surface area contributed by atoms with Crippen LogP contribution in [-0.4, -0.2) is 0 Å². The topological polar surface area (TPSA) is 0 Å². The molecule has 0 atom stereocenters. The molecule has 0 spiro atoms. The van der Waals surface area contributed by atoms with Gasteiger partial charge in [-0.05, 0) is 18.3 Å². The Morgan fingerprint density at radius 1 is 1.00 bits per heavy atom. The van der Waals surface area contributed by atoms with Gasteiger partial charge in [0, 0.05) is 0 Å². The minimum absolute atomic E-state index is 0.810. The Bertz CT molecular complexity index is 112. The molecule has 2 bridgehead atoms. The van der Waals surface area contributed by atoms with Gasteiger partial charge in [0.15, 0.2) is 0 Å². The second-order valence-corrected chi connectivity index (χ2v) is 2.33. The first kappa shape index (κ1) is 7.14. The van der Waals surface area contributed by atoms with Gasteiger partial charge in [-0.15, -0.1) is 0 Å². The Labute approximate surface area is 65.1 Å². The number of hydrogen-bond acceptors (Lipinski definition) is 0. The van der Waals surface area contributed by atoms with Crippen LogP contribution in [0.5, 0.6) is 0 Å². The fraction of sp³-hybridized carbons (Fsp3) is 0.429. The van der Waals surface area contributed by atoms with Crippen LogP contribution in [0.3, 0.4) is 0 Å². The minimum atomic E-state index is 0.810. The van der Waals surface area contributed by atoms with E-state index in [1.54, 1.807) is 0 Å². The van der Waals surface area contributed by atoms with Gasteiger partial charge in [-0.3, -0.25) is 0 Å². The van der Waals surface area contributed by atoms with Crippen LogP contribution in [0.1, 0.15) is 6.42 Å². The third-order valence-corrected chi connectivity index (χ3v) is 1.76. The van der Waals surface area contributed by atoms with E-state index in [2.05, 4.69) is 24.3 Å². The van der Waals surface area contributed by atoms with Gasteiger partial charge in [-0.25, -0.2) is 0 Å². The molecule has 2 rings (SSSR count). The molecule has 0 nitrogen and oxygen atoms in total. The molecule has 0 radical (unpaired) electrons. The first-order valence-electron chi connectivity index (χ1n) is 2.94. The van der Waals surface area contributed by atoms with Crippen molar-refractivity contribution in [3.05, 3.63) is 24.3 Å². The fourth-order valence-electron chi connectivity index (χ4n) is 1.33. The number of fused-ring (bicyclic) bond motifs is 2. The van der Waals surface area contributed by atoms with E-state index in [1.807, 2.05) is 0 Å². The molecule has 2 heteroatoms. The monoisotopic (exact) mass is 214 g/mol. The van der Waals surface area contributed by atoms with Crippen molar-refractivity contribution in [2.45, 2.75) is 6.42 Å². The maximum absolute atomic E-state index is 9.39. The number of halogens is 1. The zero-order valence-corrected chi connectivity index (χ0v) is 6.52.